The van der Waals surface area contributed by atoms with Gasteiger partial charge in [-0.25, -0.2) is 9.97 Å². The highest BCUT2D eigenvalue weighted by Gasteiger charge is 2.20. The highest BCUT2D eigenvalue weighted by molar-refractivity contribution is 6.30. The Balaban J connectivity index is 2.06. The molecule has 2 aromatic rings. The van der Waals surface area contributed by atoms with Gasteiger partial charge in [-0.05, 0) is 37.3 Å². The quantitative estimate of drug-likeness (QED) is 0.700. The molecule has 1 aromatic carbocycles. The summed E-state index contributed by atoms with van der Waals surface area (Å²) >= 11 is 6.30. The maximum absolute atomic E-state index is 6.30. The first-order valence-electron chi connectivity index (χ1n) is 7.70. The van der Waals surface area contributed by atoms with E-state index in [0.29, 0.717) is 5.15 Å². The molecule has 0 spiro atoms. The first-order valence-corrected chi connectivity index (χ1v) is 8.08. The van der Waals surface area contributed by atoms with E-state index in [1.54, 1.807) is 0 Å². The second-order valence-corrected chi connectivity index (χ2v) is 6.61. The molecule has 2 nitrogen and oxygen atoms in total. The average Bonchev–Trinajstić information content (AvgIpc) is 2.40. The van der Waals surface area contributed by atoms with Crippen LogP contribution in [0.25, 0.3) is 11.3 Å². The summed E-state index contributed by atoms with van der Waals surface area (Å²) in [5.41, 5.74) is 4.52. The van der Waals surface area contributed by atoms with Crippen molar-refractivity contribution in [3.05, 3.63) is 46.4 Å². The van der Waals surface area contributed by atoms with Crippen molar-refractivity contribution in [3.63, 3.8) is 0 Å². The van der Waals surface area contributed by atoms with Gasteiger partial charge in [0, 0.05) is 17.0 Å². The molecule has 0 aliphatic heterocycles. The Hall–Kier alpha value is -1.41. The van der Waals surface area contributed by atoms with Crippen LogP contribution < -0.4 is 0 Å². The van der Waals surface area contributed by atoms with Gasteiger partial charge in [0.15, 0.2) is 0 Å². The van der Waals surface area contributed by atoms with Crippen molar-refractivity contribution < 1.29 is 0 Å². The van der Waals surface area contributed by atoms with E-state index in [1.165, 1.54) is 24.8 Å². The normalized spacial score (nSPS) is 15.3. The van der Waals surface area contributed by atoms with Gasteiger partial charge in [0.05, 0.1) is 5.69 Å². The van der Waals surface area contributed by atoms with Crippen LogP contribution in [0.2, 0.25) is 5.15 Å². The number of hydrogen-bond donors (Lipinski definition) is 0. The van der Waals surface area contributed by atoms with Crippen LogP contribution in [0.3, 0.4) is 0 Å². The van der Waals surface area contributed by atoms with Crippen molar-refractivity contribution in [2.45, 2.75) is 51.9 Å². The van der Waals surface area contributed by atoms with Gasteiger partial charge < -0.3 is 0 Å². The predicted octanol–water partition coefficient (Wildman–Crippen LogP) is 5.50. The molecule has 1 saturated carbocycles. The van der Waals surface area contributed by atoms with E-state index in [0.717, 1.165) is 28.6 Å². The third-order valence-corrected chi connectivity index (χ3v) is 4.72. The van der Waals surface area contributed by atoms with Gasteiger partial charge in [-0.2, -0.15) is 0 Å². The summed E-state index contributed by atoms with van der Waals surface area (Å²) in [6.45, 7) is 6.18. The highest BCUT2D eigenvalue weighted by Crippen LogP contribution is 2.38. The van der Waals surface area contributed by atoms with Gasteiger partial charge in [-0.3, -0.25) is 0 Å². The molecule has 0 amide bonds. The van der Waals surface area contributed by atoms with E-state index in [4.69, 9.17) is 16.6 Å². The summed E-state index contributed by atoms with van der Waals surface area (Å²) < 4.78 is 0. The fraction of sp³-hybridized carbons (Fsp3) is 0.444. The molecule has 3 heteroatoms. The van der Waals surface area contributed by atoms with Gasteiger partial charge in [0.2, 0.25) is 0 Å². The summed E-state index contributed by atoms with van der Waals surface area (Å²) in [6.07, 6.45) is 3.97. The average molecular weight is 301 g/mol. The zero-order valence-corrected chi connectivity index (χ0v) is 13.6. The molecule has 0 radical (unpaired) electrons. The molecular formula is C18H21ClN2. The SMILES string of the molecule is Cc1c(Cl)nc(C(C)C)nc1-c1cccc(C2CCC2)c1. The van der Waals surface area contributed by atoms with E-state index >= 15 is 0 Å². The molecule has 1 aliphatic rings. The minimum atomic E-state index is 0.275. The van der Waals surface area contributed by atoms with Crippen LogP contribution in [-0.2, 0) is 0 Å². The van der Waals surface area contributed by atoms with Crippen LogP contribution in [-0.4, -0.2) is 9.97 Å². The van der Waals surface area contributed by atoms with Crippen molar-refractivity contribution in [1.82, 2.24) is 9.97 Å². The maximum atomic E-state index is 6.30. The third-order valence-electron chi connectivity index (χ3n) is 4.36. The summed E-state index contributed by atoms with van der Waals surface area (Å²) in [4.78, 5) is 9.15. The standard InChI is InChI=1S/C18H21ClN2/c1-11(2)18-20-16(12(3)17(19)21-18)15-9-5-8-14(10-15)13-6-4-7-13/h5,8-11,13H,4,6-7H2,1-3H3. The number of aromatic nitrogens is 2. The minimum absolute atomic E-state index is 0.275. The number of nitrogens with zero attached hydrogens (tertiary/aromatic N) is 2. The van der Waals surface area contributed by atoms with E-state index in [1.807, 2.05) is 6.92 Å². The summed E-state index contributed by atoms with van der Waals surface area (Å²) in [6, 6.07) is 8.76. The highest BCUT2D eigenvalue weighted by atomic mass is 35.5. The minimum Gasteiger partial charge on any atom is -0.232 e. The van der Waals surface area contributed by atoms with Crippen LogP contribution in [0.15, 0.2) is 24.3 Å². The molecule has 0 unspecified atom stereocenters. The summed E-state index contributed by atoms with van der Waals surface area (Å²) in [5.74, 6) is 1.82. The van der Waals surface area contributed by atoms with E-state index in [-0.39, 0.29) is 5.92 Å². The number of halogens is 1. The molecule has 0 atom stereocenters. The first-order chi connectivity index (χ1) is 10.1. The summed E-state index contributed by atoms with van der Waals surface area (Å²) in [7, 11) is 0. The second kappa shape index (κ2) is 5.76. The van der Waals surface area contributed by atoms with Gasteiger partial charge in [0.1, 0.15) is 11.0 Å². The molecule has 21 heavy (non-hydrogen) atoms. The lowest BCUT2D eigenvalue weighted by Crippen LogP contribution is -2.09. The van der Waals surface area contributed by atoms with Crippen LogP contribution in [0.5, 0.6) is 0 Å². The van der Waals surface area contributed by atoms with Crippen molar-refractivity contribution in [2.24, 2.45) is 0 Å². The van der Waals surface area contributed by atoms with Crippen LogP contribution in [0, 0.1) is 6.92 Å². The number of hydrogen-bond acceptors (Lipinski definition) is 2. The molecule has 1 aliphatic carbocycles. The molecule has 110 valence electrons. The van der Waals surface area contributed by atoms with Crippen LogP contribution >= 0.6 is 11.6 Å². The lowest BCUT2D eigenvalue weighted by Gasteiger charge is -2.26. The van der Waals surface area contributed by atoms with Crippen molar-refractivity contribution in [2.75, 3.05) is 0 Å². The third kappa shape index (κ3) is 2.82. The monoisotopic (exact) mass is 300 g/mol. The lowest BCUT2D eigenvalue weighted by atomic mass is 9.79. The number of rotatable bonds is 3. The second-order valence-electron chi connectivity index (χ2n) is 6.25. The zero-order chi connectivity index (χ0) is 15.0. The molecule has 3 rings (SSSR count). The van der Waals surface area contributed by atoms with Gasteiger partial charge in [-0.1, -0.05) is 50.1 Å². The van der Waals surface area contributed by atoms with Crippen molar-refractivity contribution in [1.29, 1.82) is 0 Å². The Morgan fingerprint density at radius 1 is 1.19 bits per heavy atom. The van der Waals surface area contributed by atoms with E-state index in [2.05, 4.69) is 43.1 Å². The first kappa shape index (κ1) is 14.5. The Labute approximate surface area is 131 Å². The zero-order valence-electron chi connectivity index (χ0n) is 12.9. The van der Waals surface area contributed by atoms with Crippen molar-refractivity contribution in [3.8, 4) is 11.3 Å². The maximum Gasteiger partial charge on any atom is 0.136 e. The van der Waals surface area contributed by atoms with Gasteiger partial charge in [0.25, 0.3) is 0 Å². The fourth-order valence-electron chi connectivity index (χ4n) is 2.73. The van der Waals surface area contributed by atoms with E-state index in [9.17, 15) is 0 Å². The predicted molar refractivity (Wildman–Crippen MR) is 87.9 cm³/mol. The van der Waals surface area contributed by atoms with Gasteiger partial charge in [-0.15, -0.1) is 0 Å². The van der Waals surface area contributed by atoms with E-state index < -0.39 is 0 Å². The Kier molecular flexibility index (Phi) is 3.99. The van der Waals surface area contributed by atoms with Crippen molar-refractivity contribution >= 4 is 11.6 Å². The molecule has 1 aromatic heterocycles. The largest absolute Gasteiger partial charge is 0.232 e. The molecule has 1 heterocycles. The Bertz CT molecular complexity index is 660. The Morgan fingerprint density at radius 2 is 1.95 bits per heavy atom. The summed E-state index contributed by atoms with van der Waals surface area (Å²) in [5, 5.41) is 0.567. The number of benzene rings is 1. The van der Waals surface area contributed by atoms with Crippen LogP contribution in [0.1, 0.15) is 61.9 Å². The molecular weight excluding hydrogens is 280 g/mol. The smallest absolute Gasteiger partial charge is 0.136 e. The molecule has 1 fully saturated rings. The molecule has 0 saturated heterocycles. The lowest BCUT2D eigenvalue weighted by molar-refractivity contribution is 0.420. The topological polar surface area (TPSA) is 25.8 Å². The molecule has 0 bridgehead atoms. The fourth-order valence-corrected chi connectivity index (χ4v) is 2.90. The van der Waals surface area contributed by atoms with Crippen LogP contribution in [0.4, 0.5) is 0 Å². The molecule has 0 N–H and O–H groups in total. The Morgan fingerprint density at radius 3 is 2.57 bits per heavy atom. The van der Waals surface area contributed by atoms with Gasteiger partial charge >= 0.3 is 0 Å².